The highest BCUT2D eigenvalue weighted by Gasteiger charge is 2.59. The zero-order valence-corrected chi connectivity index (χ0v) is 9.49. The maximum Gasteiger partial charge on any atom is 0.434 e. The molecule has 0 unspecified atom stereocenters. The van der Waals surface area contributed by atoms with Crippen LogP contribution in [0.25, 0.3) is 0 Å². The van der Waals surface area contributed by atoms with Gasteiger partial charge in [0.05, 0.1) is 0 Å². The highest BCUT2D eigenvalue weighted by atomic mass is 35.5. The van der Waals surface area contributed by atoms with Crippen molar-refractivity contribution in [3.05, 3.63) is 22.8 Å². The molecule has 0 atom stereocenters. The topological polar surface area (TPSA) is 22.1 Å². The van der Waals surface area contributed by atoms with Crippen LogP contribution >= 0.6 is 11.6 Å². The molecule has 0 aliphatic rings. The van der Waals surface area contributed by atoms with E-state index < -0.39 is 24.3 Å². The molecule has 0 saturated carbocycles. The third kappa shape index (κ3) is 3.94. The minimum absolute atomic E-state index is 0.256. The summed E-state index contributed by atoms with van der Waals surface area (Å²) in [6, 6.07) is 2.20. The fourth-order valence-electron chi connectivity index (χ4n) is 1.09. The quantitative estimate of drug-likeness (QED) is 0.609. The van der Waals surface area contributed by atoms with Gasteiger partial charge in [-0.3, -0.25) is 0 Å². The third-order valence-electron chi connectivity index (χ3n) is 1.75. The predicted octanol–water partition coefficient (Wildman–Crippen LogP) is 3.92. The first-order chi connectivity index (χ1) is 8.00. The molecule has 1 aromatic rings. The van der Waals surface area contributed by atoms with Crippen molar-refractivity contribution in [1.82, 2.24) is 4.98 Å². The Morgan fingerprint density at radius 2 is 1.61 bits per heavy atom. The molecule has 1 aromatic heterocycles. The lowest BCUT2D eigenvalue weighted by Gasteiger charge is -2.23. The SMILES string of the molecule is Cc1cc(Cl)nc(OC(C(F)(F)F)C(F)(F)F)c1. The first kappa shape index (κ1) is 14.9. The molecule has 0 bridgehead atoms. The third-order valence-corrected chi connectivity index (χ3v) is 1.94. The second kappa shape index (κ2) is 4.83. The summed E-state index contributed by atoms with van der Waals surface area (Å²) in [6.45, 7) is 1.43. The van der Waals surface area contributed by atoms with Crippen molar-refractivity contribution < 1.29 is 31.1 Å². The average molecular weight is 294 g/mol. The van der Waals surface area contributed by atoms with Crippen molar-refractivity contribution in [3.8, 4) is 5.88 Å². The molecule has 2 nitrogen and oxygen atoms in total. The van der Waals surface area contributed by atoms with E-state index in [0.29, 0.717) is 5.56 Å². The van der Waals surface area contributed by atoms with Crippen molar-refractivity contribution in [2.45, 2.75) is 25.4 Å². The Bertz CT molecular complexity index is 396. The zero-order valence-electron chi connectivity index (χ0n) is 8.73. The van der Waals surface area contributed by atoms with E-state index in [1.165, 1.54) is 13.0 Å². The van der Waals surface area contributed by atoms with Gasteiger partial charge in [0.2, 0.25) is 5.88 Å². The van der Waals surface area contributed by atoms with E-state index >= 15 is 0 Å². The average Bonchev–Trinajstić information content (AvgIpc) is 2.08. The number of ether oxygens (including phenoxy) is 1. The van der Waals surface area contributed by atoms with Crippen LogP contribution in [0.3, 0.4) is 0 Å². The summed E-state index contributed by atoms with van der Waals surface area (Å²) in [4.78, 5) is 3.24. The monoisotopic (exact) mass is 293 g/mol. The number of aryl methyl sites for hydroxylation is 1. The normalized spacial score (nSPS) is 12.9. The molecule has 102 valence electrons. The van der Waals surface area contributed by atoms with E-state index in [9.17, 15) is 26.3 Å². The molecule has 0 amide bonds. The molecule has 0 radical (unpaired) electrons. The predicted molar refractivity (Wildman–Crippen MR) is 50.5 cm³/mol. The summed E-state index contributed by atoms with van der Waals surface area (Å²) >= 11 is 5.41. The van der Waals surface area contributed by atoms with Gasteiger partial charge in [0.1, 0.15) is 5.15 Å². The van der Waals surface area contributed by atoms with Crippen molar-refractivity contribution in [2.75, 3.05) is 0 Å². The number of hydrogen-bond donors (Lipinski definition) is 0. The number of pyridine rings is 1. The van der Waals surface area contributed by atoms with Crippen molar-refractivity contribution in [1.29, 1.82) is 0 Å². The number of nitrogens with zero attached hydrogens (tertiary/aromatic N) is 1. The van der Waals surface area contributed by atoms with E-state index in [0.717, 1.165) is 6.07 Å². The molecule has 0 aromatic carbocycles. The molecule has 0 saturated heterocycles. The van der Waals surface area contributed by atoms with Gasteiger partial charge in [0, 0.05) is 6.07 Å². The molecule has 0 aliphatic heterocycles. The zero-order chi connectivity index (χ0) is 14.1. The Labute approximate surface area is 103 Å². The van der Waals surface area contributed by atoms with Gasteiger partial charge in [-0.25, -0.2) is 4.98 Å². The maximum atomic E-state index is 12.2. The highest BCUT2D eigenvalue weighted by Crippen LogP contribution is 2.36. The van der Waals surface area contributed by atoms with Gasteiger partial charge in [-0.2, -0.15) is 26.3 Å². The van der Waals surface area contributed by atoms with Crippen LogP contribution in [0.2, 0.25) is 5.15 Å². The first-order valence-electron chi connectivity index (χ1n) is 4.44. The standard InChI is InChI=1S/C9H6ClF6NO/c1-4-2-5(10)17-6(3-4)18-7(8(11,12)13)9(14,15)16/h2-3,7H,1H3. The molecule has 0 spiro atoms. The van der Waals surface area contributed by atoms with E-state index in [1.807, 2.05) is 0 Å². The van der Waals surface area contributed by atoms with Crippen LogP contribution in [0.1, 0.15) is 5.56 Å². The van der Waals surface area contributed by atoms with Crippen LogP contribution < -0.4 is 4.74 Å². The maximum absolute atomic E-state index is 12.2. The van der Waals surface area contributed by atoms with E-state index in [2.05, 4.69) is 9.72 Å². The van der Waals surface area contributed by atoms with Crippen molar-refractivity contribution >= 4 is 11.6 Å². The lowest BCUT2D eigenvalue weighted by Crippen LogP contribution is -2.46. The largest absolute Gasteiger partial charge is 0.455 e. The Balaban J connectivity index is 3.04. The minimum Gasteiger partial charge on any atom is -0.455 e. The Hall–Kier alpha value is -1.18. The van der Waals surface area contributed by atoms with Crippen LogP contribution in [0, 0.1) is 6.92 Å². The van der Waals surface area contributed by atoms with Gasteiger partial charge >= 0.3 is 12.4 Å². The molecule has 9 heteroatoms. The fraction of sp³-hybridized carbons (Fsp3) is 0.444. The van der Waals surface area contributed by atoms with Crippen molar-refractivity contribution in [2.24, 2.45) is 0 Å². The molecule has 0 fully saturated rings. The fourth-order valence-corrected chi connectivity index (χ4v) is 1.35. The van der Waals surface area contributed by atoms with Gasteiger partial charge < -0.3 is 4.74 Å². The van der Waals surface area contributed by atoms with Crippen LogP contribution in [0.4, 0.5) is 26.3 Å². The molecular formula is C9H6ClF6NO. The van der Waals surface area contributed by atoms with Crippen LogP contribution in [-0.2, 0) is 0 Å². The lowest BCUT2D eigenvalue weighted by molar-refractivity contribution is -0.300. The summed E-state index contributed by atoms with van der Waals surface area (Å²) in [5.41, 5.74) is 0.327. The van der Waals surface area contributed by atoms with Crippen LogP contribution in [0.15, 0.2) is 12.1 Å². The summed E-state index contributed by atoms with van der Waals surface area (Å²) in [5, 5.41) is -0.256. The van der Waals surface area contributed by atoms with Gasteiger partial charge in [-0.1, -0.05) is 11.6 Å². The molecular weight excluding hydrogens is 288 g/mol. The number of alkyl halides is 6. The number of hydrogen-bond acceptors (Lipinski definition) is 2. The van der Waals surface area contributed by atoms with Gasteiger partial charge in [-0.05, 0) is 18.6 Å². The van der Waals surface area contributed by atoms with E-state index in [-0.39, 0.29) is 5.15 Å². The highest BCUT2D eigenvalue weighted by molar-refractivity contribution is 6.29. The summed E-state index contributed by atoms with van der Waals surface area (Å²) in [7, 11) is 0. The number of aromatic nitrogens is 1. The second-order valence-electron chi connectivity index (χ2n) is 3.39. The summed E-state index contributed by atoms with van der Waals surface area (Å²) in [6.07, 6.45) is -15.1. The van der Waals surface area contributed by atoms with Crippen LogP contribution in [0.5, 0.6) is 5.88 Å². The Morgan fingerprint density at radius 3 is 2.00 bits per heavy atom. The van der Waals surface area contributed by atoms with Crippen LogP contribution in [-0.4, -0.2) is 23.4 Å². The molecule has 1 heterocycles. The summed E-state index contributed by atoms with van der Waals surface area (Å²) < 4.78 is 77.0. The van der Waals surface area contributed by atoms with Gasteiger partial charge in [0.25, 0.3) is 6.10 Å². The number of halogens is 7. The van der Waals surface area contributed by atoms with Crippen molar-refractivity contribution in [3.63, 3.8) is 0 Å². The lowest BCUT2D eigenvalue weighted by atomic mass is 10.3. The second-order valence-corrected chi connectivity index (χ2v) is 3.77. The molecule has 0 N–H and O–H groups in total. The Morgan fingerprint density at radius 1 is 1.11 bits per heavy atom. The molecule has 1 rings (SSSR count). The van der Waals surface area contributed by atoms with Gasteiger partial charge in [-0.15, -0.1) is 0 Å². The number of rotatable bonds is 2. The minimum atomic E-state index is -5.59. The smallest absolute Gasteiger partial charge is 0.434 e. The Kier molecular flexibility index (Phi) is 3.99. The van der Waals surface area contributed by atoms with E-state index in [1.54, 1.807) is 0 Å². The summed E-state index contributed by atoms with van der Waals surface area (Å²) in [5.74, 6) is -0.834. The molecule has 0 aliphatic carbocycles. The van der Waals surface area contributed by atoms with Gasteiger partial charge in [0.15, 0.2) is 0 Å². The van der Waals surface area contributed by atoms with E-state index in [4.69, 9.17) is 11.6 Å². The first-order valence-corrected chi connectivity index (χ1v) is 4.82. The molecule has 18 heavy (non-hydrogen) atoms.